The second-order valence-electron chi connectivity index (χ2n) is 2.75. The number of carboxylic acid groups (broad SMARTS) is 2. The first-order valence-electron chi connectivity index (χ1n) is 4.25. The van der Waals surface area contributed by atoms with Crippen molar-refractivity contribution in [3.8, 4) is 0 Å². The number of hydrogen-bond acceptors (Lipinski definition) is 4. The average Bonchev–Trinajstić information content (AvgIpc) is 2.10. The van der Waals surface area contributed by atoms with Crippen molar-refractivity contribution in [2.24, 2.45) is 5.73 Å². The summed E-state index contributed by atoms with van der Waals surface area (Å²) in [6.07, 6.45) is 0.391. The number of hydrogen-bond donors (Lipinski definition) is 5. The summed E-state index contributed by atoms with van der Waals surface area (Å²) >= 11 is 0. The van der Waals surface area contributed by atoms with Crippen LogP contribution in [-0.2, 0) is 4.79 Å². The van der Waals surface area contributed by atoms with Crippen molar-refractivity contribution in [1.29, 1.82) is 0 Å². The minimum Gasteiger partial charge on any atom is -0.480 e. The Morgan fingerprint density at radius 3 is 2.36 bits per heavy atom. The Morgan fingerprint density at radius 1 is 1.29 bits per heavy atom. The lowest BCUT2D eigenvalue weighted by molar-refractivity contribution is -0.139. The van der Waals surface area contributed by atoms with E-state index in [0.29, 0.717) is 19.4 Å². The number of nitrogens with two attached hydrogens (primary N) is 1. The molecule has 14 heavy (non-hydrogen) atoms. The normalized spacial score (nSPS) is 12.1. The van der Waals surface area contributed by atoms with Gasteiger partial charge >= 0.3 is 12.1 Å². The van der Waals surface area contributed by atoms with Gasteiger partial charge in [-0.2, -0.15) is 0 Å². The number of amides is 1. The van der Waals surface area contributed by atoms with Gasteiger partial charge in [-0.3, -0.25) is 10.2 Å². The van der Waals surface area contributed by atoms with E-state index in [9.17, 15) is 9.59 Å². The molecular formula is C7H15N3O4. The van der Waals surface area contributed by atoms with Gasteiger partial charge < -0.3 is 15.9 Å². The summed E-state index contributed by atoms with van der Waals surface area (Å²) < 4.78 is 0. The fraction of sp³-hybridized carbons (Fsp3) is 0.714. The Morgan fingerprint density at radius 2 is 1.93 bits per heavy atom. The number of nitrogens with one attached hydrogen (secondary N) is 2. The van der Waals surface area contributed by atoms with Gasteiger partial charge in [0.1, 0.15) is 6.04 Å². The fourth-order valence-electron chi connectivity index (χ4n) is 0.899. The Labute approximate surface area is 81.3 Å². The van der Waals surface area contributed by atoms with Crippen LogP contribution >= 0.6 is 0 Å². The molecule has 0 aliphatic carbocycles. The van der Waals surface area contributed by atoms with E-state index in [1.807, 2.05) is 5.43 Å². The topological polar surface area (TPSA) is 125 Å². The number of rotatable bonds is 7. The monoisotopic (exact) mass is 205 g/mol. The van der Waals surface area contributed by atoms with Gasteiger partial charge in [0, 0.05) is 0 Å². The van der Waals surface area contributed by atoms with Gasteiger partial charge in [-0.25, -0.2) is 10.2 Å². The van der Waals surface area contributed by atoms with Crippen LogP contribution in [0.25, 0.3) is 0 Å². The third-order valence-electron chi connectivity index (χ3n) is 1.60. The molecule has 0 spiro atoms. The van der Waals surface area contributed by atoms with E-state index in [1.54, 1.807) is 0 Å². The smallest absolute Gasteiger partial charge is 0.419 e. The van der Waals surface area contributed by atoms with Gasteiger partial charge in [-0.05, 0) is 25.8 Å². The largest absolute Gasteiger partial charge is 0.480 e. The molecule has 7 nitrogen and oxygen atoms in total. The third kappa shape index (κ3) is 6.21. The summed E-state index contributed by atoms with van der Waals surface area (Å²) in [4.78, 5) is 20.6. The second kappa shape index (κ2) is 7.10. The molecule has 0 heterocycles. The summed E-state index contributed by atoms with van der Waals surface area (Å²) in [6.45, 7) is 0.499. The molecule has 0 aliphatic heterocycles. The van der Waals surface area contributed by atoms with E-state index >= 15 is 0 Å². The molecule has 0 aromatic heterocycles. The molecule has 0 radical (unpaired) electrons. The van der Waals surface area contributed by atoms with Crippen molar-refractivity contribution in [3.63, 3.8) is 0 Å². The summed E-state index contributed by atoms with van der Waals surface area (Å²) in [6, 6.07) is -0.905. The molecule has 7 heteroatoms. The van der Waals surface area contributed by atoms with E-state index in [1.165, 1.54) is 0 Å². The molecule has 1 atom stereocenters. The summed E-state index contributed by atoms with van der Waals surface area (Å²) in [5.41, 5.74) is 9.23. The molecule has 0 bridgehead atoms. The Kier molecular flexibility index (Phi) is 6.42. The lowest BCUT2D eigenvalue weighted by Crippen LogP contribution is -2.47. The molecule has 0 saturated carbocycles. The number of aliphatic carboxylic acids is 1. The summed E-state index contributed by atoms with van der Waals surface area (Å²) in [7, 11) is 0. The van der Waals surface area contributed by atoms with Crippen molar-refractivity contribution in [2.45, 2.75) is 25.3 Å². The van der Waals surface area contributed by atoms with E-state index < -0.39 is 18.1 Å². The minimum absolute atomic E-state index is 0.340. The van der Waals surface area contributed by atoms with Crippen LogP contribution < -0.4 is 16.6 Å². The first kappa shape index (κ1) is 12.7. The average molecular weight is 205 g/mol. The van der Waals surface area contributed by atoms with Crippen LogP contribution in [0.4, 0.5) is 4.79 Å². The first-order chi connectivity index (χ1) is 6.57. The van der Waals surface area contributed by atoms with Gasteiger partial charge in [0.15, 0.2) is 0 Å². The molecule has 0 aliphatic rings. The number of carboxylic acids is 1. The van der Waals surface area contributed by atoms with E-state index in [2.05, 4.69) is 5.43 Å². The Hall–Kier alpha value is -1.34. The first-order valence-corrected chi connectivity index (χ1v) is 4.25. The second-order valence-corrected chi connectivity index (χ2v) is 2.75. The van der Waals surface area contributed by atoms with Crippen molar-refractivity contribution < 1.29 is 19.8 Å². The number of hydrazine groups is 1. The zero-order valence-corrected chi connectivity index (χ0v) is 7.69. The van der Waals surface area contributed by atoms with Crippen LogP contribution in [-0.4, -0.2) is 34.9 Å². The van der Waals surface area contributed by atoms with Crippen LogP contribution in [0.5, 0.6) is 0 Å². The number of unbranched alkanes of at least 4 members (excludes halogenated alkanes) is 1. The van der Waals surface area contributed by atoms with Crippen LogP contribution in [0.1, 0.15) is 19.3 Å². The predicted octanol–water partition coefficient (Wildman–Crippen LogP) is -0.659. The standard InChI is InChI=1S/C7H15N3O4/c8-4-2-1-3-5(6(11)12)9-10-7(13)14/h5,9-10H,1-4,8H2,(H,11,12)(H,13,14)/t5-/m0/s1. The van der Waals surface area contributed by atoms with E-state index in [4.69, 9.17) is 15.9 Å². The van der Waals surface area contributed by atoms with Gasteiger partial charge in [0.25, 0.3) is 0 Å². The minimum atomic E-state index is -1.31. The van der Waals surface area contributed by atoms with E-state index in [-0.39, 0.29) is 0 Å². The van der Waals surface area contributed by atoms with Crippen molar-refractivity contribution in [2.75, 3.05) is 6.54 Å². The molecule has 0 aromatic rings. The molecule has 0 fully saturated rings. The van der Waals surface area contributed by atoms with Crippen LogP contribution in [0.15, 0.2) is 0 Å². The maximum absolute atomic E-state index is 10.6. The predicted molar refractivity (Wildman–Crippen MR) is 48.6 cm³/mol. The quantitative estimate of drug-likeness (QED) is 0.277. The highest BCUT2D eigenvalue weighted by atomic mass is 16.4. The molecule has 0 unspecified atom stereocenters. The fourth-order valence-corrected chi connectivity index (χ4v) is 0.899. The zero-order chi connectivity index (χ0) is 11.0. The van der Waals surface area contributed by atoms with Crippen LogP contribution in [0.3, 0.4) is 0 Å². The van der Waals surface area contributed by atoms with Gasteiger partial charge in [-0.15, -0.1) is 0 Å². The van der Waals surface area contributed by atoms with Crippen molar-refractivity contribution in [1.82, 2.24) is 10.9 Å². The summed E-state index contributed by atoms with van der Waals surface area (Å²) in [5, 5.41) is 16.9. The van der Waals surface area contributed by atoms with Crippen molar-refractivity contribution >= 4 is 12.1 Å². The van der Waals surface area contributed by atoms with Crippen molar-refractivity contribution in [3.05, 3.63) is 0 Å². The Bertz CT molecular complexity index is 197. The van der Waals surface area contributed by atoms with Gasteiger partial charge in [-0.1, -0.05) is 0 Å². The molecule has 0 rings (SSSR count). The van der Waals surface area contributed by atoms with Gasteiger partial charge in [0.05, 0.1) is 0 Å². The molecular weight excluding hydrogens is 190 g/mol. The maximum Gasteiger partial charge on any atom is 0.419 e. The third-order valence-corrected chi connectivity index (χ3v) is 1.60. The van der Waals surface area contributed by atoms with Crippen LogP contribution in [0, 0.1) is 0 Å². The SMILES string of the molecule is NCCCC[C@H](NNC(=O)O)C(=O)O. The zero-order valence-electron chi connectivity index (χ0n) is 7.69. The van der Waals surface area contributed by atoms with E-state index in [0.717, 1.165) is 6.42 Å². The molecule has 0 aromatic carbocycles. The van der Waals surface area contributed by atoms with Gasteiger partial charge in [0.2, 0.25) is 0 Å². The maximum atomic E-state index is 10.6. The van der Waals surface area contributed by atoms with Crippen LogP contribution in [0.2, 0.25) is 0 Å². The lowest BCUT2D eigenvalue weighted by atomic mass is 10.1. The highest BCUT2D eigenvalue weighted by molar-refractivity contribution is 5.74. The molecule has 0 saturated heterocycles. The highest BCUT2D eigenvalue weighted by Gasteiger charge is 2.16. The number of carbonyl (C=O) groups is 2. The molecule has 82 valence electrons. The molecule has 1 amide bonds. The Balaban J connectivity index is 3.78. The summed E-state index contributed by atoms with van der Waals surface area (Å²) in [5.74, 6) is -1.09. The highest BCUT2D eigenvalue weighted by Crippen LogP contribution is 1.99. The lowest BCUT2D eigenvalue weighted by Gasteiger charge is -2.13. The molecule has 6 N–H and O–H groups in total.